The zero-order chi connectivity index (χ0) is 13.3. The highest BCUT2D eigenvalue weighted by atomic mass is 31.2. The Morgan fingerprint density at radius 2 is 1.82 bits per heavy atom. The molecule has 0 aromatic carbocycles. The molecule has 0 bridgehead atoms. The van der Waals surface area contributed by atoms with Crippen LogP contribution in [0, 0.1) is 0 Å². The van der Waals surface area contributed by atoms with Crippen LogP contribution in [-0.4, -0.2) is 70.8 Å². The summed E-state index contributed by atoms with van der Waals surface area (Å²) in [5.41, 5.74) is 0. The highest BCUT2D eigenvalue weighted by molar-refractivity contribution is 7.40. The summed E-state index contributed by atoms with van der Waals surface area (Å²) in [5.74, 6) is 0. The van der Waals surface area contributed by atoms with Crippen molar-refractivity contribution >= 4 is 8.60 Å². The molecule has 0 amide bonds. The van der Waals surface area contributed by atoms with E-state index in [1.165, 1.54) is 0 Å². The third-order valence-electron chi connectivity index (χ3n) is 1.61. The third-order valence-corrected chi connectivity index (χ3v) is 2.22. The minimum absolute atomic E-state index is 0.181. The maximum Gasteiger partial charge on any atom is 0.360 e. The van der Waals surface area contributed by atoms with E-state index in [4.69, 9.17) is 18.9 Å². The first kappa shape index (κ1) is 17.2. The average molecular weight is 272 g/mol. The van der Waals surface area contributed by atoms with Crippen LogP contribution in [0.25, 0.3) is 0 Å². The SMILES string of the molecule is COCC(COP(O)OOC[N+](C)(C)C)OC. The molecule has 0 heterocycles. The Bertz CT molecular complexity index is 189. The van der Waals surface area contributed by atoms with Gasteiger partial charge in [-0.3, -0.25) is 0 Å². The smallest absolute Gasteiger partial charge is 0.360 e. The van der Waals surface area contributed by atoms with E-state index in [2.05, 4.69) is 4.67 Å². The maximum absolute atomic E-state index is 9.35. The van der Waals surface area contributed by atoms with Gasteiger partial charge in [0.1, 0.15) is 6.10 Å². The van der Waals surface area contributed by atoms with Gasteiger partial charge < -0.3 is 23.4 Å². The molecule has 0 rings (SSSR count). The zero-order valence-corrected chi connectivity index (χ0v) is 12.0. The van der Waals surface area contributed by atoms with E-state index in [-0.39, 0.29) is 12.7 Å². The quantitative estimate of drug-likeness (QED) is 0.205. The van der Waals surface area contributed by atoms with Crippen molar-refractivity contribution in [1.29, 1.82) is 0 Å². The van der Waals surface area contributed by atoms with Gasteiger partial charge >= 0.3 is 8.60 Å². The molecule has 0 aliphatic heterocycles. The fraction of sp³-hybridized carbons (Fsp3) is 1.00. The number of hydrogen-bond acceptors (Lipinski definition) is 6. The number of ether oxygens (including phenoxy) is 2. The van der Waals surface area contributed by atoms with Gasteiger partial charge in [-0.2, -0.15) is 4.89 Å². The number of nitrogens with zero attached hydrogens (tertiary/aromatic N) is 1. The van der Waals surface area contributed by atoms with Crippen LogP contribution < -0.4 is 0 Å². The van der Waals surface area contributed by atoms with E-state index in [1.54, 1.807) is 14.2 Å². The van der Waals surface area contributed by atoms with Gasteiger partial charge in [-0.05, 0) is 0 Å². The predicted molar refractivity (Wildman–Crippen MR) is 62.8 cm³/mol. The van der Waals surface area contributed by atoms with Crippen molar-refractivity contribution in [3.05, 3.63) is 0 Å². The molecule has 8 heteroatoms. The lowest BCUT2D eigenvalue weighted by Crippen LogP contribution is -2.36. The van der Waals surface area contributed by atoms with Gasteiger partial charge in [0, 0.05) is 14.2 Å². The van der Waals surface area contributed by atoms with Crippen molar-refractivity contribution in [2.75, 3.05) is 55.3 Å². The van der Waals surface area contributed by atoms with Crippen molar-refractivity contribution in [1.82, 2.24) is 0 Å². The summed E-state index contributed by atoms with van der Waals surface area (Å²) < 4.78 is 20.2. The topological polar surface area (TPSA) is 66.4 Å². The predicted octanol–water partition coefficient (Wildman–Crippen LogP) is 0.495. The Labute approximate surface area is 104 Å². The van der Waals surface area contributed by atoms with Crippen LogP contribution in [0.3, 0.4) is 0 Å². The van der Waals surface area contributed by atoms with E-state index in [9.17, 15) is 4.89 Å². The van der Waals surface area contributed by atoms with Crippen molar-refractivity contribution in [3.63, 3.8) is 0 Å². The Kier molecular flexibility index (Phi) is 9.21. The molecule has 0 aliphatic carbocycles. The van der Waals surface area contributed by atoms with Crippen LogP contribution in [0.5, 0.6) is 0 Å². The second-order valence-electron chi connectivity index (χ2n) is 4.46. The molecule has 2 unspecified atom stereocenters. The van der Waals surface area contributed by atoms with E-state index in [0.29, 0.717) is 17.8 Å². The largest absolute Gasteiger partial charge is 0.382 e. The van der Waals surface area contributed by atoms with Crippen molar-refractivity contribution in [2.24, 2.45) is 0 Å². The second kappa shape index (κ2) is 9.13. The summed E-state index contributed by atoms with van der Waals surface area (Å²) in [7, 11) is 6.86. The molecule has 104 valence electrons. The Balaban J connectivity index is 3.61. The van der Waals surface area contributed by atoms with E-state index >= 15 is 0 Å². The van der Waals surface area contributed by atoms with Gasteiger partial charge in [0.15, 0.2) is 0 Å². The molecule has 0 saturated heterocycles. The van der Waals surface area contributed by atoms with E-state index in [1.807, 2.05) is 21.1 Å². The maximum atomic E-state index is 9.35. The molecule has 1 N–H and O–H groups in total. The first-order valence-electron chi connectivity index (χ1n) is 5.12. The minimum Gasteiger partial charge on any atom is -0.382 e. The lowest BCUT2D eigenvalue weighted by atomic mass is 10.4. The molecule has 0 spiro atoms. The summed E-state index contributed by atoms with van der Waals surface area (Å²) in [5, 5.41) is 0. The summed E-state index contributed by atoms with van der Waals surface area (Å²) >= 11 is 0. The fourth-order valence-corrected chi connectivity index (χ4v) is 1.24. The molecular weight excluding hydrogens is 249 g/mol. The summed E-state index contributed by atoms with van der Waals surface area (Å²) in [6, 6.07) is 0. The molecule has 7 nitrogen and oxygen atoms in total. The first-order valence-corrected chi connectivity index (χ1v) is 6.25. The normalized spacial score (nSPS) is 15.9. The highest BCUT2D eigenvalue weighted by Crippen LogP contribution is 2.33. The van der Waals surface area contributed by atoms with Crippen LogP contribution in [0.1, 0.15) is 0 Å². The molecule has 0 radical (unpaired) electrons. The number of quaternary nitrogens is 1. The highest BCUT2D eigenvalue weighted by Gasteiger charge is 2.15. The second-order valence-corrected chi connectivity index (χ2v) is 5.34. The number of hydrogen-bond donors (Lipinski definition) is 1. The summed E-state index contributed by atoms with van der Waals surface area (Å²) in [4.78, 5) is 14.2. The molecule has 2 atom stereocenters. The van der Waals surface area contributed by atoms with Gasteiger partial charge in [0.2, 0.25) is 6.73 Å². The molecule has 0 saturated carbocycles. The Morgan fingerprint density at radius 3 is 2.29 bits per heavy atom. The molecule has 0 fully saturated rings. The summed E-state index contributed by atoms with van der Waals surface area (Å²) in [6.07, 6.45) is -0.237. The Morgan fingerprint density at radius 1 is 1.18 bits per heavy atom. The van der Waals surface area contributed by atoms with Crippen molar-refractivity contribution < 1.29 is 32.9 Å². The van der Waals surface area contributed by atoms with E-state index < -0.39 is 8.60 Å². The third kappa shape index (κ3) is 11.0. The van der Waals surface area contributed by atoms with Crippen LogP contribution in [0.15, 0.2) is 0 Å². The van der Waals surface area contributed by atoms with Crippen molar-refractivity contribution in [3.8, 4) is 0 Å². The molecular formula is C9H23NO6P+. The van der Waals surface area contributed by atoms with Gasteiger partial charge in [-0.15, -0.1) is 4.67 Å². The molecule has 17 heavy (non-hydrogen) atoms. The lowest BCUT2D eigenvalue weighted by Gasteiger charge is -2.22. The fourth-order valence-electron chi connectivity index (χ4n) is 0.765. The summed E-state index contributed by atoms with van der Waals surface area (Å²) in [6.45, 7) is 0.883. The van der Waals surface area contributed by atoms with Gasteiger partial charge in [-0.1, -0.05) is 0 Å². The molecule has 0 aliphatic rings. The zero-order valence-electron chi connectivity index (χ0n) is 11.1. The lowest BCUT2D eigenvalue weighted by molar-refractivity contribution is -0.898. The molecule has 0 aromatic heterocycles. The van der Waals surface area contributed by atoms with Gasteiger partial charge in [0.05, 0.1) is 34.4 Å². The van der Waals surface area contributed by atoms with Gasteiger partial charge in [0.25, 0.3) is 0 Å². The van der Waals surface area contributed by atoms with Crippen LogP contribution in [-0.2, 0) is 23.6 Å². The number of methoxy groups -OCH3 is 2. The van der Waals surface area contributed by atoms with Crippen LogP contribution in [0.4, 0.5) is 0 Å². The number of rotatable bonds is 10. The first-order chi connectivity index (χ1) is 7.89. The van der Waals surface area contributed by atoms with E-state index in [0.717, 1.165) is 0 Å². The van der Waals surface area contributed by atoms with Crippen molar-refractivity contribution in [2.45, 2.75) is 6.10 Å². The van der Waals surface area contributed by atoms with Crippen LogP contribution >= 0.6 is 8.60 Å². The van der Waals surface area contributed by atoms with Gasteiger partial charge in [-0.25, -0.2) is 0 Å². The minimum atomic E-state index is -2.05. The van der Waals surface area contributed by atoms with Crippen LogP contribution in [0.2, 0.25) is 0 Å². The molecule has 0 aromatic rings. The standard InChI is InChI=1S/C9H23NO6P/c1-10(2,3)8-14-16-17(11)15-7-9(13-5)6-12-4/h9,11H,6-8H2,1-5H3/q+1. The monoisotopic (exact) mass is 272 g/mol. The average Bonchev–Trinajstić information content (AvgIpc) is 2.22. The Hall–Kier alpha value is 0.150.